The Kier molecular flexibility index (Phi) is 5.72. The van der Waals surface area contributed by atoms with Crippen LogP contribution in [0.2, 0.25) is 0 Å². The van der Waals surface area contributed by atoms with Gasteiger partial charge >= 0.3 is 0 Å². The van der Waals surface area contributed by atoms with Crippen molar-refractivity contribution < 1.29 is 4.18 Å². The molecule has 1 rings (SSSR count). The van der Waals surface area contributed by atoms with Crippen molar-refractivity contribution in [2.75, 3.05) is 6.61 Å². The minimum absolute atomic E-state index is 0.854. The van der Waals surface area contributed by atoms with E-state index in [-0.39, 0.29) is 0 Å². The second-order valence-corrected chi connectivity index (χ2v) is 4.30. The van der Waals surface area contributed by atoms with Crippen LogP contribution in [-0.2, 0) is 4.18 Å². The fourth-order valence-corrected chi connectivity index (χ4v) is 1.70. The predicted molar refractivity (Wildman–Crippen MR) is 62.5 cm³/mol. The number of rotatable bonds is 6. The Bertz CT molecular complexity index is 243. The van der Waals surface area contributed by atoms with E-state index in [9.17, 15) is 0 Å². The molecule has 0 heterocycles. The summed E-state index contributed by atoms with van der Waals surface area (Å²) < 4.78 is 5.48. The molecule has 0 atom stereocenters. The maximum Gasteiger partial charge on any atom is 0.0618 e. The van der Waals surface area contributed by atoms with Gasteiger partial charge in [-0.25, -0.2) is 0 Å². The van der Waals surface area contributed by atoms with Crippen molar-refractivity contribution in [1.29, 1.82) is 0 Å². The van der Waals surface area contributed by atoms with Crippen LogP contribution >= 0.6 is 12.0 Å². The van der Waals surface area contributed by atoms with Crippen LogP contribution in [-0.4, -0.2) is 6.61 Å². The van der Waals surface area contributed by atoms with Crippen molar-refractivity contribution in [1.82, 2.24) is 0 Å². The zero-order valence-electron chi connectivity index (χ0n) is 8.95. The molecule has 2 heteroatoms. The van der Waals surface area contributed by atoms with E-state index in [0.29, 0.717) is 0 Å². The van der Waals surface area contributed by atoms with Crippen LogP contribution in [0, 0.1) is 6.92 Å². The topological polar surface area (TPSA) is 9.23 Å². The molecule has 14 heavy (non-hydrogen) atoms. The maximum absolute atomic E-state index is 5.48. The summed E-state index contributed by atoms with van der Waals surface area (Å²) in [6, 6.07) is 8.41. The van der Waals surface area contributed by atoms with Gasteiger partial charge in [-0.05, 0) is 25.5 Å². The lowest BCUT2D eigenvalue weighted by Gasteiger charge is -2.02. The molecule has 0 radical (unpaired) electrons. The summed E-state index contributed by atoms with van der Waals surface area (Å²) in [5.41, 5.74) is 1.29. The Labute approximate surface area is 91.1 Å². The first kappa shape index (κ1) is 11.6. The molecule has 1 nitrogen and oxygen atoms in total. The first-order chi connectivity index (χ1) is 6.83. The molecule has 0 saturated heterocycles. The minimum Gasteiger partial charge on any atom is -0.310 e. The van der Waals surface area contributed by atoms with E-state index in [1.165, 1.54) is 35.3 Å². The fourth-order valence-electron chi connectivity index (χ4n) is 1.11. The zero-order valence-corrected chi connectivity index (χ0v) is 9.77. The highest BCUT2D eigenvalue weighted by Gasteiger charge is 1.94. The number of benzene rings is 1. The molecule has 0 N–H and O–H groups in total. The molecule has 0 bridgehead atoms. The molecular weight excluding hydrogens is 192 g/mol. The smallest absolute Gasteiger partial charge is 0.0618 e. The summed E-state index contributed by atoms with van der Waals surface area (Å²) in [4.78, 5) is 1.19. The molecule has 1 aromatic carbocycles. The van der Waals surface area contributed by atoms with Gasteiger partial charge in [-0.2, -0.15) is 0 Å². The summed E-state index contributed by atoms with van der Waals surface area (Å²) in [6.07, 6.45) is 3.67. The third-order valence-corrected chi connectivity index (χ3v) is 2.76. The molecule has 0 aromatic heterocycles. The number of aryl methyl sites for hydroxylation is 1. The van der Waals surface area contributed by atoms with Crippen molar-refractivity contribution in [2.45, 2.75) is 38.0 Å². The van der Waals surface area contributed by atoms with Gasteiger partial charge in [0.05, 0.1) is 6.61 Å². The van der Waals surface area contributed by atoms with Crippen LogP contribution < -0.4 is 0 Å². The highest BCUT2D eigenvalue weighted by Crippen LogP contribution is 2.19. The molecule has 0 amide bonds. The zero-order chi connectivity index (χ0) is 10.2. The Morgan fingerprint density at radius 1 is 1.14 bits per heavy atom. The van der Waals surface area contributed by atoms with E-state index in [1.807, 2.05) is 0 Å². The first-order valence-corrected chi connectivity index (χ1v) is 5.93. The van der Waals surface area contributed by atoms with Crippen LogP contribution in [0.1, 0.15) is 31.7 Å². The van der Waals surface area contributed by atoms with E-state index >= 15 is 0 Å². The lowest BCUT2D eigenvalue weighted by Crippen LogP contribution is -1.86. The molecule has 0 saturated carbocycles. The van der Waals surface area contributed by atoms with Gasteiger partial charge in [0.15, 0.2) is 0 Å². The SMILES string of the molecule is CCCCCOSc1ccc(C)cc1. The number of hydrogen-bond donors (Lipinski definition) is 0. The summed E-state index contributed by atoms with van der Waals surface area (Å²) in [6.45, 7) is 5.15. The van der Waals surface area contributed by atoms with Crippen molar-refractivity contribution in [3.8, 4) is 0 Å². The maximum atomic E-state index is 5.48. The van der Waals surface area contributed by atoms with Crippen molar-refractivity contribution >= 4 is 12.0 Å². The van der Waals surface area contributed by atoms with Crippen LogP contribution in [0.4, 0.5) is 0 Å². The molecule has 0 unspecified atom stereocenters. The quantitative estimate of drug-likeness (QED) is 0.514. The molecular formula is C12H18OS. The van der Waals surface area contributed by atoms with Gasteiger partial charge in [0.25, 0.3) is 0 Å². The monoisotopic (exact) mass is 210 g/mol. The summed E-state index contributed by atoms with van der Waals surface area (Å²) in [7, 11) is 0. The van der Waals surface area contributed by atoms with Crippen LogP contribution in [0.5, 0.6) is 0 Å². The van der Waals surface area contributed by atoms with Crippen molar-refractivity contribution in [3.05, 3.63) is 29.8 Å². The molecule has 78 valence electrons. The lowest BCUT2D eigenvalue weighted by molar-refractivity contribution is 0.358. The van der Waals surface area contributed by atoms with Crippen molar-refractivity contribution in [3.63, 3.8) is 0 Å². The molecule has 0 aliphatic rings. The number of hydrogen-bond acceptors (Lipinski definition) is 2. The van der Waals surface area contributed by atoms with E-state index in [0.717, 1.165) is 13.0 Å². The van der Waals surface area contributed by atoms with Gasteiger partial charge in [-0.15, -0.1) is 0 Å². The summed E-state index contributed by atoms with van der Waals surface area (Å²) >= 11 is 1.48. The second-order valence-electron chi connectivity index (χ2n) is 3.43. The predicted octanol–water partition coefficient (Wildman–Crippen LogP) is 4.21. The van der Waals surface area contributed by atoms with Gasteiger partial charge in [0.1, 0.15) is 0 Å². The second kappa shape index (κ2) is 6.91. The molecule has 0 spiro atoms. The minimum atomic E-state index is 0.854. The third-order valence-electron chi connectivity index (χ3n) is 2.01. The highest BCUT2D eigenvalue weighted by molar-refractivity contribution is 7.94. The van der Waals surface area contributed by atoms with E-state index in [2.05, 4.69) is 38.1 Å². The Morgan fingerprint density at radius 3 is 2.50 bits per heavy atom. The fraction of sp³-hybridized carbons (Fsp3) is 0.500. The first-order valence-electron chi connectivity index (χ1n) is 5.19. The molecule has 0 aliphatic heterocycles. The van der Waals surface area contributed by atoms with Gasteiger partial charge in [0.2, 0.25) is 0 Å². The van der Waals surface area contributed by atoms with Crippen molar-refractivity contribution in [2.24, 2.45) is 0 Å². The van der Waals surface area contributed by atoms with Gasteiger partial charge in [-0.3, -0.25) is 0 Å². The average Bonchev–Trinajstić information content (AvgIpc) is 2.21. The van der Waals surface area contributed by atoms with E-state index in [1.54, 1.807) is 0 Å². The van der Waals surface area contributed by atoms with Crippen LogP contribution in [0.15, 0.2) is 29.2 Å². The van der Waals surface area contributed by atoms with Gasteiger partial charge in [-0.1, -0.05) is 37.5 Å². The summed E-state index contributed by atoms with van der Waals surface area (Å²) in [5.74, 6) is 0. The molecule has 0 fully saturated rings. The van der Waals surface area contributed by atoms with Crippen LogP contribution in [0.25, 0.3) is 0 Å². The third kappa shape index (κ3) is 4.68. The number of unbranched alkanes of at least 4 members (excludes halogenated alkanes) is 2. The highest BCUT2D eigenvalue weighted by atomic mass is 32.2. The van der Waals surface area contributed by atoms with Gasteiger partial charge < -0.3 is 4.18 Å². The van der Waals surface area contributed by atoms with Gasteiger partial charge in [0, 0.05) is 16.9 Å². The average molecular weight is 210 g/mol. The Morgan fingerprint density at radius 2 is 1.86 bits per heavy atom. The molecule has 1 aromatic rings. The van der Waals surface area contributed by atoms with Crippen LogP contribution in [0.3, 0.4) is 0 Å². The Balaban J connectivity index is 2.15. The van der Waals surface area contributed by atoms with E-state index < -0.39 is 0 Å². The standard InChI is InChI=1S/C12H18OS/c1-3-4-5-10-13-14-12-8-6-11(2)7-9-12/h6-9H,3-5,10H2,1-2H3. The normalized spacial score (nSPS) is 10.4. The molecule has 0 aliphatic carbocycles. The lowest BCUT2D eigenvalue weighted by atomic mass is 10.2. The van der Waals surface area contributed by atoms with E-state index in [4.69, 9.17) is 4.18 Å². The Hall–Kier alpha value is -0.470. The largest absolute Gasteiger partial charge is 0.310 e. The summed E-state index contributed by atoms with van der Waals surface area (Å²) in [5, 5.41) is 0.